The molecule has 1 aliphatic rings. The molecule has 2 aromatic heterocycles. The molecule has 0 bridgehead atoms. The van der Waals surface area contributed by atoms with Crippen molar-refractivity contribution in [3.63, 3.8) is 0 Å². The van der Waals surface area contributed by atoms with Gasteiger partial charge in [0.05, 0.1) is 12.5 Å². The molecule has 2 heterocycles. The van der Waals surface area contributed by atoms with Crippen LogP contribution in [-0.2, 0) is 24.4 Å². The van der Waals surface area contributed by atoms with E-state index in [1.165, 1.54) is 72.9 Å². The molecular formula is C34H38O3. The molecule has 0 radical (unpaired) electrons. The van der Waals surface area contributed by atoms with Crippen LogP contribution in [0.25, 0.3) is 21.5 Å². The standard InChI is InChI=1S/C24H28.C10H10O3/c1-2-3-4-5-9-18-11-8-13-22-21(18)16-17-23-20-12-7-6-10-19(20)14-15-24(22)23;1-3-9(12-5-1)7-11-8-10-4-2-6-13-10/h6-7,10,12,14-18H,2-5,8-9,11,13H2,1H3;1-6H,7-8H2. The van der Waals surface area contributed by atoms with E-state index < -0.39 is 0 Å². The number of benzene rings is 3. The first-order chi connectivity index (χ1) is 18.3. The maximum atomic E-state index is 5.33. The van der Waals surface area contributed by atoms with E-state index in [0.717, 1.165) is 17.4 Å². The molecular weight excluding hydrogens is 456 g/mol. The summed E-state index contributed by atoms with van der Waals surface area (Å²) in [7, 11) is 0. The second-order valence-electron chi connectivity index (χ2n) is 10.1. The zero-order valence-corrected chi connectivity index (χ0v) is 22.0. The number of aryl methyl sites for hydroxylation is 1. The van der Waals surface area contributed by atoms with Crippen molar-refractivity contribution in [2.24, 2.45) is 0 Å². The summed E-state index contributed by atoms with van der Waals surface area (Å²) in [5.74, 6) is 2.44. The number of furan rings is 2. The van der Waals surface area contributed by atoms with Crippen LogP contribution in [-0.4, -0.2) is 0 Å². The predicted molar refractivity (Wildman–Crippen MR) is 152 cm³/mol. The minimum absolute atomic E-state index is 0.480. The monoisotopic (exact) mass is 494 g/mol. The van der Waals surface area contributed by atoms with Crippen LogP contribution in [0.15, 0.2) is 94.2 Å². The fourth-order valence-corrected chi connectivity index (χ4v) is 5.67. The Labute approximate surface area is 220 Å². The SMILES string of the molecule is CCCCCCC1CCCc2c1ccc1c2ccc2ccccc21.c1coc(COCc2ccco2)c1. The van der Waals surface area contributed by atoms with Gasteiger partial charge in [-0.15, -0.1) is 0 Å². The van der Waals surface area contributed by atoms with Crippen LogP contribution in [0.3, 0.4) is 0 Å². The lowest BCUT2D eigenvalue weighted by atomic mass is 9.78. The molecule has 3 aromatic carbocycles. The number of unbranched alkanes of at least 4 members (excludes halogenated alkanes) is 3. The maximum Gasteiger partial charge on any atom is 0.129 e. The molecule has 0 spiro atoms. The number of fused-ring (bicyclic) bond motifs is 5. The Bertz CT molecular complexity index is 1330. The van der Waals surface area contributed by atoms with Crippen molar-refractivity contribution in [3.05, 3.63) is 108 Å². The normalized spacial score (nSPS) is 14.9. The van der Waals surface area contributed by atoms with Gasteiger partial charge in [0.25, 0.3) is 0 Å². The highest BCUT2D eigenvalue weighted by atomic mass is 16.5. The van der Waals surface area contributed by atoms with Crippen LogP contribution in [0, 0.1) is 0 Å². The largest absolute Gasteiger partial charge is 0.467 e. The third-order valence-electron chi connectivity index (χ3n) is 7.55. The van der Waals surface area contributed by atoms with Crippen LogP contribution in [0.5, 0.6) is 0 Å². The molecule has 3 nitrogen and oxygen atoms in total. The molecule has 0 saturated carbocycles. The third-order valence-corrected chi connectivity index (χ3v) is 7.55. The molecule has 1 aliphatic carbocycles. The second-order valence-corrected chi connectivity index (χ2v) is 10.1. The number of rotatable bonds is 9. The number of hydrogen-bond donors (Lipinski definition) is 0. The molecule has 0 fully saturated rings. The summed E-state index contributed by atoms with van der Waals surface area (Å²) in [6, 6.07) is 25.8. The van der Waals surface area contributed by atoms with Gasteiger partial charge < -0.3 is 13.6 Å². The molecule has 0 amide bonds. The van der Waals surface area contributed by atoms with Crippen molar-refractivity contribution in [3.8, 4) is 0 Å². The highest BCUT2D eigenvalue weighted by Crippen LogP contribution is 2.40. The van der Waals surface area contributed by atoms with E-state index in [4.69, 9.17) is 13.6 Å². The number of ether oxygens (including phenoxy) is 1. The van der Waals surface area contributed by atoms with Crippen molar-refractivity contribution in [2.75, 3.05) is 0 Å². The van der Waals surface area contributed by atoms with E-state index in [2.05, 4.69) is 55.5 Å². The highest BCUT2D eigenvalue weighted by Gasteiger charge is 2.21. The summed E-state index contributed by atoms with van der Waals surface area (Å²) in [6.45, 7) is 3.26. The quantitative estimate of drug-likeness (QED) is 0.151. The van der Waals surface area contributed by atoms with Crippen LogP contribution in [0.2, 0.25) is 0 Å². The minimum Gasteiger partial charge on any atom is -0.467 e. The molecule has 0 aliphatic heterocycles. The van der Waals surface area contributed by atoms with Gasteiger partial charge in [-0.2, -0.15) is 0 Å². The predicted octanol–water partition coefficient (Wildman–Crippen LogP) is 9.97. The van der Waals surface area contributed by atoms with Gasteiger partial charge >= 0.3 is 0 Å². The van der Waals surface area contributed by atoms with E-state index in [0.29, 0.717) is 13.2 Å². The molecule has 5 aromatic rings. The Morgan fingerprint density at radius 2 is 1.49 bits per heavy atom. The van der Waals surface area contributed by atoms with Gasteiger partial charge in [0.15, 0.2) is 0 Å². The van der Waals surface area contributed by atoms with Crippen molar-refractivity contribution >= 4 is 21.5 Å². The van der Waals surface area contributed by atoms with Gasteiger partial charge in [0.2, 0.25) is 0 Å². The molecule has 1 unspecified atom stereocenters. The van der Waals surface area contributed by atoms with Gasteiger partial charge in [0, 0.05) is 0 Å². The summed E-state index contributed by atoms with van der Waals surface area (Å²) < 4.78 is 15.5. The number of hydrogen-bond acceptors (Lipinski definition) is 3. The molecule has 0 N–H and O–H groups in total. The topological polar surface area (TPSA) is 35.5 Å². The Morgan fingerprint density at radius 1 is 0.730 bits per heavy atom. The van der Waals surface area contributed by atoms with Crippen LogP contribution < -0.4 is 0 Å². The van der Waals surface area contributed by atoms with Gasteiger partial charge in [-0.1, -0.05) is 81.1 Å². The first-order valence-electron chi connectivity index (χ1n) is 13.9. The van der Waals surface area contributed by atoms with Crippen molar-refractivity contribution < 1.29 is 13.6 Å². The van der Waals surface area contributed by atoms with Gasteiger partial charge in [-0.25, -0.2) is 0 Å². The van der Waals surface area contributed by atoms with E-state index in [1.54, 1.807) is 23.7 Å². The fraction of sp³-hybridized carbons (Fsp3) is 0.353. The van der Waals surface area contributed by atoms with Gasteiger partial charge in [-0.3, -0.25) is 0 Å². The average molecular weight is 495 g/mol. The lowest BCUT2D eigenvalue weighted by Crippen LogP contribution is -2.10. The van der Waals surface area contributed by atoms with E-state index in [1.807, 2.05) is 24.3 Å². The molecule has 192 valence electrons. The van der Waals surface area contributed by atoms with Gasteiger partial charge in [-0.05, 0) is 88.5 Å². The van der Waals surface area contributed by atoms with E-state index in [-0.39, 0.29) is 0 Å². The Kier molecular flexibility index (Phi) is 8.76. The Morgan fingerprint density at radius 3 is 2.22 bits per heavy atom. The smallest absolute Gasteiger partial charge is 0.129 e. The fourth-order valence-electron chi connectivity index (χ4n) is 5.67. The van der Waals surface area contributed by atoms with Crippen LogP contribution in [0.1, 0.15) is 80.4 Å². The van der Waals surface area contributed by atoms with Gasteiger partial charge in [0.1, 0.15) is 24.7 Å². The summed E-state index contributed by atoms with van der Waals surface area (Å²) >= 11 is 0. The third kappa shape index (κ3) is 6.34. The molecule has 6 rings (SSSR count). The lowest BCUT2D eigenvalue weighted by molar-refractivity contribution is 0.0803. The maximum absolute atomic E-state index is 5.33. The van der Waals surface area contributed by atoms with Crippen molar-refractivity contribution in [1.29, 1.82) is 0 Å². The summed E-state index contributed by atoms with van der Waals surface area (Å²) in [5.41, 5.74) is 3.30. The summed E-state index contributed by atoms with van der Waals surface area (Å²) in [4.78, 5) is 0. The molecule has 0 saturated heterocycles. The zero-order valence-electron chi connectivity index (χ0n) is 22.0. The van der Waals surface area contributed by atoms with Crippen molar-refractivity contribution in [1.82, 2.24) is 0 Å². The lowest BCUT2D eigenvalue weighted by Gasteiger charge is -2.27. The Balaban J connectivity index is 0.000000182. The van der Waals surface area contributed by atoms with Crippen LogP contribution in [0.4, 0.5) is 0 Å². The summed E-state index contributed by atoms with van der Waals surface area (Å²) in [6.07, 6.45) is 14.2. The van der Waals surface area contributed by atoms with Crippen LogP contribution >= 0.6 is 0 Å². The van der Waals surface area contributed by atoms with Crippen molar-refractivity contribution in [2.45, 2.75) is 77.4 Å². The molecule has 1 atom stereocenters. The highest BCUT2D eigenvalue weighted by molar-refractivity contribution is 6.08. The minimum atomic E-state index is 0.480. The first-order valence-corrected chi connectivity index (χ1v) is 13.9. The zero-order chi connectivity index (χ0) is 25.3. The molecule has 37 heavy (non-hydrogen) atoms. The first kappa shape index (κ1) is 25.4. The average Bonchev–Trinajstić information content (AvgIpc) is 3.66. The van der Waals surface area contributed by atoms with E-state index >= 15 is 0 Å². The Hall–Kier alpha value is -3.30. The second kappa shape index (κ2) is 12.8. The summed E-state index contributed by atoms with van der Waals surface area (Å²) in [5, 5.41) is 5.71. The molecule has 3 heteroatoms. The van der Waals surface area contributed by atoms with E-state index in [9.17, 15) is 0 Å².